The molecule has 2 aromatic carbocycles. The van der Waals surface area contributed by atoms with Gasteiger partial charge >= 0.3 is 0 Å². The lowest BCUT2D eigenvalue weighted by Gasteiger charge is -2.08. The number of hydrogen-bond donors (Lipinski definition) is 1. The van der Waals surface area contributed by atoms with Crippen LogP contribution in [0.3, 0.4) is 0 Å². The first-order valence-electron chi connectivity index (χ1n) is 6.12. The third-order valence-electron chi connectivity index (χ3n) is 2.62. The number of sulfonamides is 1. The third-order valence-corrected chi connectivity index (χ3v) is 4.28. The van der Waals surface area contributed by atoms with Crippen molar-refractivity contribution >= 4 is 27.5 Å². The SMILES string of the molecule is CS(=O)(=O)Nc1cccc(Sc2cccc(C#N)c2C#N)c1. The number of nitrogens with one attached hydrogen (secondary N) is 1. The van der Waals surface area contributed by atoms with E-state index in [2.05, 4.69) is 4.72 Å². The molecule has 0 spiro atoms. The zero-order chi connectivity index (χ0) is 16.2. The largest absolute Gasteiger partial charge is 0.284 e. The van der Waals surface area contributed by atoms with Crippen molar-refractivity contribution in [3.8, 4) is 12.1 Å². The summed E-state index contributed by atoms with van der Waals surface area (Å²) in [6.45, 7) is 0. The average Bonchev–Trinajstić information content (AvgIpc) is 2.45. The smallest absolute Gasteiger partial charge is 0.229 e. The van der Waals surface area contributed by atoms with E-state index in [9.17, 15) is 13.7 Å². The van der Waals surface area contributed by atoms with Crippen molar-refractivity contribution in [2.45, 2.75) is 9.79 Å². The maximum atomic E-state index is 11.3. The first-order chi connectivity index (χ1) is 10.4. The first kappa shape index (κ1) is 15.9. The highest BCUT2D eigenvalue weighted by molar-refractivity contribution is 7.99. The van der Waals surface area contributed by atoms with E-state index in [0.29, 0.717) is 21.7 Å². The number of nitriles is 2. The van der Waals surface area contributed by atoms with Gasteiger partial charge in [-0.1, -0.05) is 23.9 Å². The van der Waals surface area contributed by atoms with Gasteiger partial charge in [-0.2, -0.15) is 10.5 Å². The van der Waals surface area contributed by atoms with Crippen molar-refractivity contribution in [2.24, 2.45) is 0 Å². The summed E-state index contributed by atoms with van der Waals surface area (Å²) in [5.41, 5.74) is 1.08. The van der Waals surface area contributed by atoms with Crippen LogP contribution in [0.5, 0.6) is 0 Å². The van der Waals surface area contributed by atoms with Gasteiger partial charge in [-0.15, -0.1) is 0 Å². The molecule has 0 aromatic heterocycles. The summed E-state index contributed by atoms with van der Waals surface area (Å²) in [6, 6.07) is 15.9. The van der Waals surface area contributed by atoms with Crippen molar-refractivity contribution in [3.05, 3.63) is 53.6 Å². The zero-order valence-electron chi connectivity index (χ0n) is 11.6. The van der Waals surface area contributed by atoms with Crippen LogP contribution in [0.15, 0.2) is 52.3 Å². The zero-order valence-corrected chi connectivity index (χ0v) is 13.2. The second-order valence-corrected chi connectivity index (χ2v) is 7.27. The van der Waals surface area contributed by atoms with Crippen molar-refractivity contribution in [1.82, 2.24) is 0 Å². The molecule has 0 aliphatic heterocycles. The minimum absolute atomic E-state index is 0.316. The van der Waals surface area contributed by atoms with Crippen LogP contribution in [-0.2, 0) is 10.0 Å². The molecule has 22 heavy (non-hydrogen) atoms. The van der Waals surface area contributed by atoms with Gasteiger partial charge in [0.2, 0.25) is 10.0 Å². The molecule has 7 heteroatoms. The van der Waals surface area contributed by atoms with Gasteiger partial charge in [0.05, 0.1) is 17.4 Å². The van der Waals surface area contributed by atoms with E-state index in [0.717, 1.165) is 11.2 Å². The van der Waals surface area contributed by atoms with E-state index in [1.165, 1.54) is 11.8 Å². The van der Waals surface area contributed by atoms with E-state index < -0.39 is 10.0 Å². The van der Waals surface area contributed by atoms with E-state index in [1.807, 2.05) is 12.1 Å². The Labute approximate surface area is 133 Å². The summed E-state index contributed by atoms with van der Waals surface area (Å²) >= 11 is 1.30. The monoisotopic (exact) mass is 329 g/mol. The fourth-order valence-electron chi connectivity index (χ4n) is 1.79. The Hall–Kier alpha value is -2.48. The Bertz CT molecular complexity index is 894. The van der Waals surface area contributed by atoms with Gasteiger partial charge in [-0.25, -0.2) is 8.42 Å². The van der Waals surface area contributed by atoms with Crippen molar-refractivity contribution in [3.63, 3.8) is 0 Å². The summed E-state index contributed by atoms with van der Waals surface area (Å²) in [5.74, 6) is 0. The lowest BCUT2D eigenvalue weighted by Crippen LogP contribution is -2.09. The number of benzene rings is 2. The van der Waals surface area contributed by atoms with Gasteiger partial charge in [-0.3, -0.25) is 4.72 Å². The molecule has 0 saturated carbocycles. The van der Waals surface area contributed by atoms with Crippen LogP contribution in [-0.4, -0.2) is 14.7 Å². The van der Waals surface area contributed by atoms with E-state index in [-0.39, 0.29) is 0 Å². The molecule has 0 bridgehead atoms. The second kappa shape index (κ2) is 6.52. The fourth-order valence-corrected chi connectivity index (χ4v) is 3.33. The molecule has 1 N–H and O–H groups in total. The van der Waals surface area contributed by atoms with Gasteiger partial charge in [-0.05, 0) is 30.3 Å². The van der Waals surface area contributed by atoms with Crippen LogP contribution >= 0.6 is 11.8 Å². The van der Waals surface area contributed by atoms with Gasteiger partial charge in [0.1, 0.15) is 12.1 Å². The predicted octanol–water partition coefficient (Wildman–Crippen LogP) is 2.95. The van der Waals surface area contributed by atoms with Gasteiger partial charge in [0, 0.05) is 15.5 Å². The van der Waals surface area contributed by atoms with Crippen LogP contribution in [0.25, 0.3) is 0 Å². The lowest BCUT2D eigenvalue weighted by atomic mass is 10.1. The molecule has 0 atom stereocenters. The molecule has 0 amide bonds. The topological polar surface area (TPSA) is 93.8 Å². The summed E-state index contributed by atoms with van der Waals surface area (Å²) in [5, 5.41) is 18.2. The van der Waals surface area contributed by atoms with Crippen LogP contribution < -0.4 is 4.72 Å². The Morgan fingerprint density at radius 2 is 1.82 bits per heavy atom. The molecule has 0 aliphatic rings. The quantitative estimate of drug-likeness (QED) is 0.930. The summed E-state index contributed by atoms with van der Waals surface area (Å²) in [4.78, 5) is 1.42. The van der Waals surface area contributed by atoms with Crippen LogP contribution in [0.4, 0.5) is 5.69 Å². The van der Waals surface area contributed by atoms with E-state index >= 15 is 0 Å². The molecule has 0 saturated heterocycles. The molecule has 0 aliphatic carbocycles. The highest BCUT2D eigenvalue weighted by Gasteiger charge is 2.10. The lowest BCUT2D eigenvalue weighted by molar-refractivity contribution is 0.607. The number of rotatable bonds is 4. The molecule has 0 heterocycles. The first-order valence-corrected chi connectivity index (χ1v) is 8.82. The Morgan fingerprint density at radius 3 is 2.45 bits per heavy atom. The van der Waals surface area contributed by atoms with Crippen molar-refractivity contribution in [2.75, 3.05) is 11.0 Å². The highest BCUT2D eigenvalue weighted by Crippen LogP contribution is 2.32. The summed E-state index contributed by atoms with van der Waals surface area (Å²) in [7, 11) is -3.34. The Kier molecular flexibility index (Phi) is 4.71. The average molecular weight is 329 g/mol. The van der Waals surface area contributed by atoms with Crippen LogP contribution in [0.1, 0.15) is 11.1 Å². The summed E-state index contributed by atoms with van der Waals surface area (Å²) < 4.78 is 24.9. The standard InChI is InChI=1S/C15H11N3O2S2/c1-22(19,20)18-12-5-3-6-13(8-12)21-15-7-2-4-11(9-16)14(15)10-17/h2-8,18H,1H3. The molecule has 2 rings (SSSR count). The third kappa shape index (κ3) is 4.01. The van der Waals surface area contributed by atoms with E-state index in [1.54, 1.807) is 42.5 Å². The number of hydrogen-bond acceptors (Lipinski definition) is 5. The van der Waals surface area contributed by atoms with Gasteiger partial charge in [0.15, 0.2) is 0 Å². The molecular weight excluding hydrogens is 318 g/mol. The van der Waals surface area contributed by atoms with Crippen molar-refractivity contribution in [1.29, 1.82) is 10.5 Å². The van der Waals surface area contributed by atoms with E-state index in [4.69, 9.17) is 5.26 Å². The predicted molar refractivity (Wildman–Crippen MR) is 84.9 cm³/mol. The molecular formula is C15H11N3O2S2. The minimum Gasteiger partial charge on any atom is -0.284 e. The van der Waals surface area contributed by atoms with Crippen LogP contribution in [0, 0.1) is 22.7 Å². The Morgan fingerprint density at radius 1 is 1.09 bits per heavy atom. The van der Waals surface area contributed by atoms with Crippen LogP contribution in [0.2, 0.25) is 0 Å². The number of anilines is 1. The second-order valence-electron chi connectivity index (χ2n) is 4.41. The summed E-state index contributed by atoms with van der Waals surface area (Å²) in [6.07, 6.45) is 1.08. The highest BCUT2D eigenvalue weighted by atomic mass is 32.2. The molecule has 0 fully saturated rings. The minimum atomic E-state index is -3.34. The maximum Gasteiger partial charge on any atom is 0.229 e. The van der Waals surface area contributed by atoms with Gasteiger partial charge < -0.3 is 0 Å². The molecule has 0 unspecified atom stereocenters. The maximum absolute atomic E-state index is 11.3. The fraction of sp³-hybridized carbons (Fsp3) is 0.0667. The normalized spacial score (nSPS) is 10.5. The Balaban J connectivity index is 2.35. The molecule has 5 nitrogen and oxygen atoms in total. The molecule has 0 radical (unpaired) electrons. The van der Waals surface area contributed by atoms with Gasteiger partial charge in [0.25, 0.3) is 0 Å². The molecule has 2 aromatic rings. The number of nitrogens with zero attached hydrogens (tertiary/aromatic N) is 2. The molecule has 110 valence electrons. The van der Waals surface area contributed by atoms with Crippen molar-refractivity contribution < 1.29 is 8.42 Å².